The van der Waals surface area contributed by atoms with Crippen LogP contribution in [0.2, 0.25) is 0 Å². The Labute approximate surface area is 68.8 Å². The standard InChI is InChI=1S/C10H15O/c1-2-3-4-5-6-7-8-9-10-11/h3-4,8-9H,2,5-7H2,1H3/b4-3+,9-8+. The fourth-order valence-electron chi connectivity index (χ4n) is 0.770. The van der Waals surface area contributed by atoms with Crippen LogP contribution in [0, 0.1) is 0 Å². The van der Waals surface area contributed by atoms with E-state index in [0.29, 0.717) is 0 Å². The van der Waals surface area contributed by atoms with Gasteiger partial charge in [0.1, 0.15) is 0 Å². The maximum atomic E-state index is 9.71. The van der Waals surface area contributed by atoms with Crippen LogP contribution in [-0.4, -0.2) is 6.29 Å². The topological polar surface area (TPSA) is 17.1 Å². The van der Waals surface area contributed by atoms with E-state index < -0.39 is 0 Å². The van der Waals surface area contributed by atoms with Gasteiger partial charge in [0, 0.05) is 0 Å². The van der Waals surface area contributed by atoms with Gasteiger partial charge in [0.15, 0.2) is 0 Å². The molecule has 0 heterocycles. The zero-order valence-corrected chi connectivity index (χ0v) is 7.05. The highest BCUT2D eigenvalue weighted by molar-refractivity contribution is 5.65. The van der Waals surface area contributed by atoms with E-state index in [0.717, 1.165) is 25.7 Å². The first-order valence-corrected chi connectivity index (χ1v) is 4.09. The van der Waals surface area contributed by atoms with E-state index in [4.69, 9.17) is 0 Å². The van der Waals surface area contributed by atoms with Crippen molar-refractivity contribution in [1.82, 2.24) is 0 Å². The number of hydrogen-bond acceptors (Lipinski definition) is 1. The second-order valence-electron chi connectivity index (χ2n) is 2.33. The molecule has 0 spiro atoms. The molecule has 0 unspecified atom stereocenters. The Morgan fingerprint density at radius 2 is 1.91 bits per heavy atom. The van der Waals surface area contributed by atoms with Crippen LogP contribution in [-0.2, 0) is 4.79 Å². The van der Waals surface area contributed by atoms with Crippen LogP contribution in [0.4, 0.5) is 0 Å². The Morgan fingerprint density at radius 3 is 2.55 bits per heavy atom. The Kier molecular flexibility index (Phi) is 8.44. The summed E-state index contributed by atoms with van der Waals surface area (Å²) in [5.74, 6) is 0. The van der Waals surface area contributed by atoms with Crippen molar-refractivity contribution in [2.45, 2.75) is 32.6 Å². The lowest BCUT2D eigenvalue weighted by Gasteiger charge is -1.87. The van der Waals surface area contributed by atoms with Gasteiger partial charge in [-0.3, -0.25) is 4.79 Å². The number of hydrogen-bond donors (Lipinski definition) is 0. The van der Waals surface area contributed by atoms with E-state index in [-0.39, 0.29) is 0 Å². The first kappa shape index (κ1) is 10.2. The van der Waals surface area contributed by atoms with E-state index in [1.165, 1.54) is 6.08 Å². The first-order chi connectivity index (χ1) is 5.41. The summed E-state index contributed by atoms with van der Waals surface area (Å²) in [6, 6.07) is 0. The van der Waals surface area contributed by atoms with Crippen LogP contribution in [0.1, 0.15) is 32.6 Å². The second-order valence-corrected chi connectivity index (χ2v) is 2.33. The lowest BCUT2D eigenvalue weighted by Crippen LogP contribution is -1.69. The van der Waals surface area contributed by atoms with E-state index in [1.807, 2.05) is 6.08 Å². The molecule has 0 aromatic carbocycles. The maximum absolute atomic E-state index is 9.71. The van der Waals surface area contributed by atoms with Gasteiger partial charge >= 0.3 is 0 Å². The van der Waals surface area contributed by atoms with Crippen LogP contribution in [0.25, 0.3) is 0 Å². The molecule has 0 fully saturated rings. The molecule has 1 nitrogen and oxygen atoms in total. The summed E-state index contributed by atoms with van der Waals surface area (Å²) in [7, 11) is 0. The minimum atomic E-state index is 0.975. The van der Waals surface area contributed by atoms with Crippen molar-refractivity contribution >= 4 is 6.29 Å². The predicted molar refractivity (Wildman–Crippen MR) is 48.1 cm³/mol. The van der Waals surface area contributed by atoms with Gasteiger partial charge in [-0.2, -0.15) is 0 Å². The van der Waals surface area contributed by atoms with Gasteiger partial charge in [-0.1, -0.05) is 25.2 Å². The average molecular weight is 151 g/mol. The Bertz CT molecular complexity index is 134. The summed E-state index contributed by atoms with van der Waals surface area (Å²) in [5, 5.41) is 0. The first-order valence-electron chi connectivity index (χ1n) is 4.09. The monoisotopic (exact) mass is 151 g/mol. The summed E-state index contributed by atoms with van der Waals surface area (Å²) in [5.41, 5.74) is 0. The molecule has 0 atom stereocenters. The van der Waals surface area contributed by atoms with Crippen LogP contribution in [0.15, 0.2) is 24.3 Å². The largest absolute Gasteiger partial charge is 0.286 e. The molecule has 0 saturated heterocycles. The fourth-order valence-corrected chi connectivity index (χ4v) is 0.770. The molecule has 1 heteroatoms. The normalized spacial score (nSPS) is 11.4. The molecule has 0 aliphatic heterocycles. The summed E-state index contributed by atoms with van der Waals surface area (Å²) in [6.45, 7) is 2.12. The van der Waals surface area contributed by atoms with E-state index in [2.05, 4.69) is 19.1 Å². The number of allylic oxidation sites excluding steroid dienone is 4. The van der Waals surface area contributed by atoms with Gasteiger partial charge in [-0.25, -0.2) is 0 Å². The van der Waals surface area contributed by atoms with Crippen molar-refractivity contribution in [2.24, 2.45) is 0 Å². The lowest BCUT2D eigenvalue weighted by molar-refractivity contribution is 0.564. The highest BCUT2D eigenvalue weighted by Gasteiger charge is 1.79. The van der Waals surface area contributed by atoms with Gasteiger partial charge in [-0.15, -0.1) is 0 Å². The molecule has 0 bridgehead atoms. The molecule has 0 N–H and O–H groups in total. The third-order valence-electron chi connectivity index (χ3n) is 1.33. The van der Waals surface area contributed by atoms with Gasteiger partial charge < -0.3 is 0 Å². The van der Waals surface area contributed by atoms with Crippen LogP contribution >= 0.6 is 0 Å². The summed E-state index contributed by atoms with van der Waals surface area (Å²) < 4.78 is 0. The molecule has 0 rings (SSSR count). The molecule has 11 heavy (non-hydrogen) atoms. The highest BCUT2D eigenvalue weighted by atomic mass is 16.1. The van der Waals surface area contributed by atoms with Crippen molar-refractivity contribution < 1.29 is 4.79 Å². The second kappa shape index (κ2) is 9.15. The summed E-state index contributed by atoms with van der Waals surface area (Å²) in [4.78, 5) is 9.71. The molecular formula is C10H15O. The molecule has 0 amide bonds. The van der Waals surface area contributed by atoms with Gasteiger partial charge in [0.2, 0.25) is 6.29 Å². The predicted octanol–water partition coefficient (Wildman–Crippen LogP) is 2.79. The number of unbranched alkanes of at least 4 members (excludes halogenated alkanes) is 2. The average Bonchev–Trinajstić information content (AvgIpc) is 2.03. The number of rotatable bonds is 6. The van der Waals surface area contributed by atoms with Gasteiger partial charge in [-0.05, 0) is 31.8 Å². The van der Waals surface area contributed by atoms with Crippen LogP contribution in [0.5, 0.6) is 0 Å². The van der Waals surface area contributed by atoms with Gasteiger partial charge in [0.25, 0.3) is 0 Å². The quantitative estimate of drug-likeness (QED) is 0.324. The smallest absolute Gasteiger partial charge is 0.225 e. The minimum absolute atomic E-state index is 0.975. The van der Waals surface area contributed by atoms with Gasteiger partial charge in [0.05, 0.1) is 0 Å². The molecule has 0 aliphatic rings. The van der Waals surface area contributed by atoms with E-state index in [1.54, 1.807) is 6.29 Å². The molecule has 0 aromatic heterocycles. The SMILES string of the molecule is CC/C=C/CCC/C=C/[C]=O. The summed E-state index contributed by atoms with van der Waals surface area (Å²) in [6.07, 6.45) is 13.7. The molecule has 0 aliphatic carbocycles. The Morgan fingerprint density at radius 1 is 1.18 bits per heavy atom. The Hall–Kier alpha value is -0.850. The number of carbonyl (C=O) groups excluding carboxylic acids is 1. The van der Waals surface area contributed by atoms with E-state index in [9.17, 15) is 4.79 Å². The lowest BCUT2D eigenvalue weighted by atomic mass is 10.2. The highest BCUT2D eigenvalue weighted by Crippen LogP contribution is 1.97. The van der Waals surface area contributed by atoms with Crippen molar-refractivity contribution in [2.75, 3.05) is 0 Å². The fraction of sp³-hybridized carbons (Fsp3) is 0.500. The molecular weight excluding hydrogens is 136 g/mol. The summed E-state index contributed by atoms with van der Waals surface area (Å²) >= 11 is 0. The van der Waals surface area contributed by atoms with Crippen LogP contribution < -0.4 is 0 Å². The van der Waals surface area contributed by atoms with Crippen LogP contribution in [0.3, 0.4) is 0 Å². The zero-order valence-electron chi connectivity index (χ0n) is 7.05. The molecule has 61 valence electrons. The molecule has 0 saturated carbocycles. The third kappa shape index (κ3) is 9.15. The van der Waals surface area contributed by atoms with E-state index >= 15 is 0 Å². The van der Waals surface area contributed by atoms with Crippen molar-refractivity contribution in [3.63, 3.8) is 0 Å². The molecule has 0 aromatic rings. The minimum Gasteiger partial charge on any atom is -0.286 e. The Balaban J connectivity index is 3.08. The van der Waals surface area contributed by atoms with Crippen molar-refractivity contribution in [1.29, 1.82) is 0 Å². The molecule has 1 radical (unpaired) electrons. The maximum Gasteiger partial charge on any atom is 0.225 e. The van der Waals surface area contributed by atoms with Crippen molar-refractivity contribution in [3.8, 4) is 0 Å². The van der Waals surface area contributed by atoms with Crippen molar-refractivity contribution in [3.05, 3.63) is 24.3 Å². The third-order valence-corrected chi connectivity index (χ3v) is 1.33. The zero-order chi connectivity index (χ0) is 8.36.